The molecule has 0 aliphatic carbocycles. The molecular weight excluding hydrogens is 409 g/mol. The normalized spacial score (nSPS) is 18.3. The van der Waals surface area contributed by atoms with E-state index in [-0.39, 0.29) is 17.8 Å². The first-order valence-electron chi connectivity index (χ1n) is 11.5. The molecule has 8 heteroatoms. The number of ether oxygens (including phenoxy) is 1. The molecule has 0 radical (unpaired) electrons. The van der Waals surface area contributed by atoms with Crippen molar-refractivity contribution < 1.29 is 13.9 Å². The van der Waals surface area contributed by atoms with Crippen LogP contribution in [0.4, 0.5) is 10.3 Å². The van der Waals surface area contributed by atoms with Crippen LogP contribution in [0.1, 0.15) is 47.7 Å². The number of rotatable bonds is 7. The van der Waals surface area contributed by atoms with Gasteiger partial charge < -0.3 is 15.0 Å². The molecule has 2 aliphatic rings. The van der Waals surface area contributed by atoms with Crippen molar-refractivity contribution in [3.8, 4) is 0 Å². The molecule has 3 heterocycles. The number of benzene rings is 1. The smallest absolute Gasteiger partial charge is 0.256 e. The number of hydrogen-bond donors (Lipinski definition) is 1. The van der Waals surface area contributed by atoms with Gasteiger partial charge in [-0.15, -0.1) is 0 Å². The first-order valence-corrected chi connectivity index (χ1v) is 11.5. The third-order valence-electron chi connectivity index (χ3n) is 6.57. The first-order chi connectivity index (χ1) is 15.6. The minimum atomic E-state index is -0.156. The maximum absolute atomic E-state index is 13.5. The topological polar surface area (TPSA) is 70.6 Å². The van der Waals surface area contributed by atoms with Gasteiger partial charge in [-0.3, -0.25) is 9.69 Å². The number of nitrogens with one attached hydrogen (secondary N) is 1. The minimum Gasteiger partial charge on any atom is -0.383 e. The molecule has 1 fully saturated rings. The van der Waals surface area contributed by atoms with Crippen molar-refractivity contribution in [3.63, 3.8) is 0 Å². The summed E-state index contributed by atoms with van der Waals surface area (Å²) in [6, 6.07) is 5.71. The van der Waals surface area contributed by atoms with Gasteiger partial charge in [-0.2, -0.15) is 0 Å². The van der Waals surface area contributed by atoms with Crippen molar-refractivity contribution in [3.05, 3.63) is 53.1 Å². The summed E-state index contributed by atoms with van der Waals surface area (Å²) in [6.07, 6.45) is 6.86. The molecule has 1 aromatic carbocycles. The Morgan fingerprint density at radius 2 is 1.97 bits per heavy atom. The molecule has 2 aliphatic heterocycles. The molecule has 32 heavy (non-hydrogen) atoms. The summed E-state index contributed by atoms with van der Waals surface area (Å²) >= 11 is 0. The minimum absolute atomic E-state index is 0.0154. The predicted molar refractivity (Wildman–Crippen MR) is 121 cm³/mol. The molecule has 0 spiro atoms. The Labute approximate surface area is 189 Å². The number of hydrogen-bond acceptors (Lipinski definition) is 6. The fourth-order valence-electron chi connectivity index (χ4n) is 4.63. The van der Waals surface area contributed by atoms with Crippen LogP contribution in [0.2, 0.25) is 0 Å². The van der Waals surface area contributed by atoms with E-state index in [1.54, 1.807) is 31.6 Å². The molecule has 1 atom stereocenters. The van der Waals surface area contributed by atoms with Crippen LogP contribution in [0.3, 0.4) is 0 Å². The zero-order valence-electron chi connectivity index (χ0n) is 18.9. The molecule has 1 saturated heterocycles. The van der Waals surface area contributed by atoms with Crippen molar-refractivity contribution in [1.29, 1.82) is 0 Å². The predicted octanol–water partition coefficient (Wildman–Crippen LogP) is 3.12. The Morgan fingerprint density at radius 1 is 1.22 bits per heavy atom. The third kappa shape index (κ3) is 5.24. The largest absolute Gasteiger partial charge is 0.383 e. The fraction of sp³-hybridized carbons (Fsp3) is 0.542. The van der Waals surface area contributed by atoms with Gasteiger partial charge in [-0.1, -0.05) is 13.0 Å². The van der Waals surface area contributed by atoms with Gasteiger partial charge in [0.15, 0.2) is 0 Å². The van der Waals surface area contributed by atoms with Crippen LogP contribution in [-0.2, 0) is 17.7 Å². The number of fused-ring (bicyclic) bond motifs is 1. The molecule has 1 unspecified atom stereocenters. The molecule has 7 nitrogen and oxygen atoms in total. The summed E-state index contributed by atoms with van der Waals surface area (Å²) in [7, 11) is 1.67. The number of likely N-dealkylation sites (tertiary alicyclic amines) is 1. The number of aromatic nitrogens is 2. The van der Waals surface area contributed by atoms with Crippen LogP contribution in [-0.4, -0.2) is 71.1 Å². The number of anilines is 1. The summed E-state index contributed by atoms with van der Waals surface area (Å²) in [5, 5.41) is 3.23. The second-order valence-electron chi connectivity index (χ2n) is 8.66. The highest BCUT2D eigenvalue weighted by molar-refractivity contribution is 5.93. The van der Waals surface area contributed by atoms with Crippen LogP contribution in [0.25, 0.3) is 0 Å². The zero-order valence-corrected chi connectivity index (χ0v) is 18.9. The van der Waals surface area contributed by atoms with E-state index < -0.39 is 0 Å². The molecule has 0 saturated carbocycles. The quantitative estimate of drug-likeness (QED) is 0.712. The van der Waals surface area contributed by atoms with E-state index in [1.165, 1.54) is 5.56 Å². The number of nitrogens with zero attached hydrogens (tertiary/aromatic N) is 4. The van der Waals surface area contributed by atoms with Crippen molar-refractivity contribution in [2.75, 3.05) is 38.7 Å². The van der Waals surface area contributed by atoms with Gasteiger partial charge in [0.05, 0.1) is 18.2 Å². The lowest BCUT2D eigenvalue weighted by Gasteiger charge is -2.40. The maximum Gasteiger partial charge on any atom is 0.256 e. The lowest BCUT2D eigenvalue weighted by molar-refractivity contribution is 0.0598. The van der Waals surface area contributed by atoms with Crippen LogP contribution >= 0.6 is 0 Å². The second-order valence-corrected chi connectivity index (χ2v) is 8.66. The van der Waals surface area contributed by atoms with Gasteiger partial charge >= 0.3 is 0 Å². The highest BCUT2D eigenvalue weighted by Crippen LogP contribution is 2.26. The van der Waals surface area contributed by atoms with Gasteiger partial charge in [0.2, 0.25) is 5.95 Å². The van der Waals surface area contributed by atoms with Crippen molar-refractivity contribution in [2.45, 2.75) is 51.2 Å². The summed E-state index contributed by atoms with van der Waals surface area (Å²) in [5.41, 5.74) is 2.86. The molecular formula is C24H32FN5O2. The standard InChI is InChI=1S/C24H32FN5O2/c1-3-21(16-32-2)28-24-26-13-19(14-27-24)23(31)29-10-7-22(8-11-29)30-9-6-17-12-20(25)5-4-18(17)15-30/h4-5,12-14,21-22H,3,6-11,15-16H2,1-2H3,(H,26,27,28). The Kier molecular flexibility index (Phi) is 7.32. The number of carbonyl (C=O) groups excluding carboxylic acids is 1. The average molecular weight is 442 g/mol. The SMILES string of the molecule is CCC(COC)Nc1ncc(C(=O)N2CCC(N3CCc4cc(F)ccc4C3)CC2)cn1. The number of halogens is 1. The lowest BCUT2D eigenvalue weighted by atomic mass is 9.95. The molecule has 1 N–H and O–H groups in total. The van der Waals surface area contributed by atoms with E-state index in [2.05, 4.69) is 27.1 Å². The number of amides is 1. The summed E-state index contributed by atoms with van der Waals surface area (Å²) in [6.45, 7) is 5.90. The van der Waals surface area contributed by atoms with Gasteiger partial charge in [0.25, 0.3) is 5.91 Å². The molecule has 1 amide bonds. The van der Waals surface area contributed by atoms with Crippen LogP contribution in [0.5, 0.6) is 0 Å². The van der Waals surface area contributed by atoms with E-state index >= 15 is 0 Å². The van der Waals surface area contributed by atoms with E-state index in [0.29, 0.717) is 24.2 Å². The maximum atomic E-state index is 13.5. The first kappa shape index (κ1) is 22.6. The fourth-order valence-corrected chi connectivity index (χ4v) is 4.63. The monoisotopic (exact) mass is 441 g/mol. The van der Waals surface area contributed by atoms with E-state index in [9.17, 15) is 9.18 Å². The molecule has 4 rings (SSSR count). The summed E-state index contributed by atoms with van der Waals surface area (Å²) < 4.78 is 18.6. The van der Waals surface area contributed by atoms with Crippen molar-refractivity contribution in [1.82, 2.24) is 19.8 Å². The molecule has 172 valence electrons. The number of methoxy groups -OCH3 is 1. The summed E-state index contributed by atoms with van der Waals surface area (Å²) in [4.78, 5) is 25.9. The Hall–Kier alpha value is -2.58. The highest BCUT2D eigenvalue weighted by Gasteiger charge is 2.29. The van der Waals surface area contributed by atoms with Crippen molar-refractivity contribution in [2.24, 2.45) is 0 Å². The van der Waals surface area contributed by atoms with E-state index in [0.717, 1.165) is 57.4 Å². The lowest BCUT2D eigenvalue weighted by Crippen LogP contribution is -2.48. The van der Waals surface area contributed by atoms with E-state index in [4.69, 9.17) is 4.74 Å². The highest BCUT2D eigenvalue weighted by atomic mass is 19.1. The number of carbonyl (C=O) groups is 1. The van der Waals surface area contributed by atoms with E-state index in [1.807, 2.05) is 11.0 Å². The molecule has 0 bridgehead atoms. The zero-order chi connectivity index (χ0) is 22.5. The van der Waals surface area contributed by atoms with Crippen molar-refractivity contribution >= 4 is 11.9 Å². The molecule has 1 aromatic heterocycles. The van der Waals surface area contributed by atoms with Gasteiger partial charge in [0.1, 0.15) is 5.82 Å². The molecule has 2 aromatic rings. The van der Waals surface area contributed by atoms with Gasteiger partial charge in [0, 0.05) is 51.7 Å². The van der Waals surface area contributed by atoms with Crippen LogP contribution in [0.15, 0.2) is 30.6 Å². The Bertz CT molecular complexity index is 915. The van der Waals surface area contributed by atoms with Crippen LogP contribution < -0.4 is 5.32 Å². The van der Waals surface area contributed by atoms with Gasteiger partial charge in [-0.25, -0.2) is 14.4 Å². The second kappa shape index (κ2) is 10.4. The third-order valence-corrected chi connectivity index (χ3v) is 6.57. The number of piperidine rings is 1. The van der Waals surface area contributed by atoms with Crippen LogP contribution in [0, 0.1) is 5.82 Å². The summed E-state index contributed by atoms with van der Waals surface area (Å²) in [5.74, 6) is 0.338. The Morgan fingerprint density at radius 3 is 2.66 bits per heavy atom. The van der Waals surface area contributed by atoms with Gasteiger partial charge in [-0.05, 0) is 48.9 Å². The average Bonchev–Trinajstić information content (AvgIpc) is 2.83. The Balaban J connectivity index is 1.29.